The topological polar surface area (TPSA) is 80.7 Å². The molecule has 1 atom stereocenters. The van der Waals surface area contributed by atoms with Gasteiger partial charge < -0.3 is 4.74 Å². The van der Waals surface area contributed by atoms with E-state index < -0.39 is 34.1 Å². The van der Waals surface area contributed by atoms with E-state index in [4.69, 9.17) is 4.55 Å². The van der Waals surface area contributed by atoms with Crippen molar-refractivity contribution in [1.29, 1.82) is 0 Å². The lowest BCUT2D eigenvalue weighted by atomic mass is 10.2. The Kier molecular flexibility index (Phi) is 7.44. The maximum atomic E-state index is 12.3. The molecule has 18 heavy (non-hydrogen) atoms. The van der Waals surface area contributed by atoms with Crippen molar-refractivity contribution in [1.82, 2.24) is 0 Å². The largest absolute Gasteiger partial charge is 0.451 e. The molecule has 0 spiro atoms. The molecule has 0 aromatic carbocycles. The number of alkyl halides is 4. The number of halogens is 4. The highest BCUT2D eigenvalue weighted by atomic mass is 127. The second-order valence-electron chi connectivity index (χ2n) is 3.41. The van der Waals surface area contributed by atoms with Crippen LogP contribution >= 0.6 is 22.6 Å². The van der Waals surface area contributed by atoms with Crippen molar-refractivity contribution >= 4 is 38.7 Å². The fourth-order valence-corrected chi connectivity index (χ4v) is 2.15. The number of unbranched alkanes of at least 4 members (excludes halogenated alkanes) is 1. The van der Waals surface area contributed by atoms with Crippen LogP contribution in [0.15, 0.2) is 0 Å². The van der Waals surface area contributed by atoms with E-state index in [1.807, 2.05) is 22.6 Å². The van der Waals surface area contributed by atoms with Gasteiger partial charge in [0.1, 0.15) is 5.75 Å². The van der Waals surface area contributed by atoms with Crippen molar-refractivity contribution in [3.63, 3.8) is 0 Å². The van der Waals surface area contributed by atoms with Gasteiger partial charge in [-0.05, 0) is 17.3 Å². The van der Waals surface area contributed by atoms with E-state index in [0.29, 0.717) is 12.8 Å². The third-order valence-corrected chi connectivity index (χ3v) is 3.25. The van der Waals surface area contributed by atoms with Crippen LogP contribution in [-0.4, -0.2) is 41.4 Å². The van der Waals surface area contributed by atoms with E-state index in [0.717, 1.165) is 4.43 Å². The molecule has 0 heterocycles. The normalized spacial score (nSPS) is 14.3. The fraction of sp³-hybridized carbons (Fsp3) is 0.875. The maximum absolute atomic E-state index is 12.3. The zero-order valence-corrected chi connectivity index (χ0v) is 12.1. The summed E-state index contributed by atoms with van der Waals surface area (Å²) in [6.07, 6.45) is -7.09. The molecule has 0 saturated carbocycles. The lowest BCUT2D eigenvalue weighted by Gasteiger charge is -2.19. The highest BCUT2D eigenvalue weighted by molar-refractivity contribution is 14.1. The van der Waals surface area contributed by atoms with E-state index >= 15 is 0 Å². The van der Waals surface area contributed by atoms with Gasteiger partial charge in [-0.3, -0.25) is 9.35 Å². The molecule has 1 N–H and O–H groups in total. The van der Waals surface area contributed by atoms with Crippen molar-refractivity contribution in [2.45, 2.75) is 31.5 Å². The molecule has 0 aliphatic carbocycles. The van der Waals surface area contributed by atoms with Crippen LogP contribution in [0.1, 0.15) is 19.3 Å². The molecule has 0 aliphatic rings. The van der Waals surface area contributed by atoms with Crippen molar-refractivity contribution in [2.75, 3.05) is 10.2 Å². The Labute approximate surface area is 116 Å². The number of carbonyl (C=O) groups excluding carboxylic acids is 1. The van der Waals surface area contributed by atoms with E-state index in [1.165, 1.54) is 0 Å². The Morgan fingerprint density at radius 3 is 2.28 bits per heavy atom. The van der Waals surface area contributed by atoms with E-state index in [2.05, 4.69) is 4.74 Å². The average Bonchev–Trinajstić information content (AvgIpc) is 2.13. The van der Waals surface area contributed by atoms with E-state index in [1.54, 1.807) is 0 Å². The molecular weight excluding hydrogens is 392 g/mol. The molecule has 0 aliphatic heterocycles. The molecule has 0 bridgehead atoms. The lowest BCUT2D eigenvalue weighted by Crippen LogP contribution is -2.39. The van der Waals surface area contributed by atoms with E-state index in [-0.39, 0.29) is 6.42 Å². The molecule has 0 radical (unpaired) electrons. The first-order valence-electron chi connectivity index (χ1n) is 4.83. The second kappa shape index (κ2) is 7.48. The van der Waals surface area contributed by atoms with Crippen LogP contribution in [0.2, 0.25) is 0 Å². The van der Waals surface area contributed by atoms with Crippen LogP contribution < -0.4 is 0 Å². The molecule has 0 saturated heterocycles. The minimum atomic E-state index is -5.03. The first-order valence-corrected chi connectivity index (χ1v) is 7.97. The Balaban J connectivity index is 4.47. The molecule has 0 aromatic heterocycles. The van der Waals surface area contributed by atoms with Crippen LogP contribution in [0.4, 0.5) is 13.2 Å². The molecular formula is C8H12F3IO5S. The van der Waals surface area contributed by atoms with Gasteiger partial charge in [-0.2, -0.15) is 21.6 Å². The summed E-state index contributed by atoms with van der Waals surface area (Å²) >= 11 is 2.05. The van der Waals surface area contributed by atoms with Gasteiger partial charge in [0.15, 0.2) is 0 Å². The van der Waals surface area contributed by atoms with Crippen LogP contribution in [0.25, 0.3) is 0 Å². The molecule has 0 amide bonds. The zero-order chi connectivity index (χ0) is 14.4. The first-order chi connectivity index (χ1) is 8.06. The fourth-order valence-electron chi connectivity index (χ4n) is 0.968. The van der Waals surface area contributed by atoms with Gasteiger partial charge in [-0.25, -0.2) is 0 Å². The van der Waals surface area contributed by atoms with Gasteiger partial charge in [0.05, 0.1) is 0 Å². The summed E-state index contributed by atoms with van der Waals surface area (Å²) in [7, 11) is -4.88. The number of carbonyl (C=O) groups is 1. The van der Waals surface area contributed by atoms with Gasteiger partial charge in [0, 0.05) is 6.42 Å². The highest BCUT2D eigenvalue weighted by Gasteiger charge is 2.45. The summed E-state index contributed by atoms with van der Waals surface area (Å²) in [5.41, 5.74) is 0. The van der Waals surface area contributed by atoms with Crippen molar-refractivity contribution < 1.29 is 35.7 Å². The molecule has 1 unspecified atom stereocenters. The first kappa shape index (κ1) is 17.9. The number of hydrogen-bond acceptors (Lipinski definition) is 4. The smallest absolute Gasteiger partial charge is 0.426 e. The van der Waals surface area contributed by atoms with Gasteiger partial charge in [0.25, 0.3) is 10.1 Å². The monoisotopic (exact) mass is 404 g/mol. The van der Waals surface area contributed by atoms with Crippen LogP contribution in [-0.2, 0) is 19.6 Å². The van der Waals surface area contributed by atoms with Gasteiger partial charge in [-0.15, -0.1) is 0 Å². The molecule has 0 rings (SSSR count). The predicted octanol–water partition coefficient (Wildman–Crippen LogP) is 1.95. The number of hydrogen-bond donors (Lipinski definition) is 1. The molecule has 0 fully saturated rings. The maximum Gasteiger partial charge on any atom is 0.426 e. The minimum absolute atomic E-state index is 0.221. The Morgan fingerprint density at radius 2 is 1.89 bits per heavy atom. The third-order valence-electron chi connectivity index (χ3n) is 1.77. The minimum Gasteiger partial charge on any atom is -0.451 e. The van der Waals surface area contributed by atoms with Crippen LogP contribution in [0, 0.1) is 0 Å². The summed E-state index contributed by atoms with van der Waals surface area (Å²) in [6.45, 7) is 0. The van der Waals surface area contributed by atoms with E-state index in [9.17, 15) is 26.4 Å². The molecule has 10 heteroatoms. The predicted molar refractivity (Wildman–Crippen MR) is 65.1 cm³/mol. The number of esters is 1. The molecule has 108 valence electrons. The quantitative estimate of drug-likeness (QED) is 0.231. The van der Waals surface area contributed by atoms with Crippen molar-refractivity contribution in [2.24, 2.45) is 0 Å². The summed E-state index contributed by atoms with van der Waals surface area (Å²) in [5.74, 6) is -2.82. The summed E-state index contributed by atoms with van der Waals surface area (Å²) in [5, 5.41) is 0. The average molecular weight is 404 g/mol. The standard InChI is InChI=1S/C8H12F3IO5S/c9-8(10,11)6(5-18(14,15)16)17-7(13)3-1-2-4-12/h6H,1-5H2,(H,14,15,16). The second-order valence-corrected chi connectivity index (χ2v) is 5.99. The summed E-state index contributed by atoms with van der Waals surface area (Å²) in [6, 6.07) is 0. The SMILES string of the molecule is O=C(CCCCI)OC(CS(=O)(=O)O)C(F)(F)F. The van der Waals surface area contributed by atoms with Crippen LogP contribution in [0.5, 0.6) is 0 Å². The Bertz CT molecular complexity index is 367. The molecule has 5 nitrogen and oxygen atoms in total. The van der Waals surface area contributed by atoms with Crippen LogP contribution in [0.3, 0.4) is 0 Å². The van der Waals surface area contributed by atoms with Gasteiger partial charge in [0.2, 0.25) is 6.10 Å². The van der Waals surface area contributed by atoms with Crippen molar-refractivity contribution in [3.05, 3.63) is 0 Å². The molecule has 0 aromatic rings. The lowest BCUT2D eigenvalue weighted by molar-refractivity contribution is -0.215. The zero-order valence-electron chi connectivity index (χ0n) is 9.11. The Hall–Kier alpha value is -0.100. The third kappa shape index (κ3) is 8.91. The number of rotatable bonds is 7. The highest BCUT2D eigenvalue weighted by Crippen LogP contribution is 2.24. The van der Waals surface area contributed by atoms with Crippen molar-refractivity contribution in [3.8, 4) is 0 Å². The Morgan fingerprint density at radius 1 is 1.33 bits per heavy atom. The van der Waals surface area contributed by atoms with Gasteiger partial charge in [-0.1, -0.05) is 22.6 Å². The summed E-state index contributed by atoms with van der Waals surface area (Å²) in [4.78, 5) is 11.1. The summed E-state index contributed by atoms with van der Waals surface area (Å²) < 4.78 is 71.0. The van der Waals surface area contributed by atoms with Gasteiger partial charge >= 0.3 is 12.1 Å². The number of ether oxygens (including phenoxy) is 1.